The van der Waals surface area contributed by atoms with Gasteiger partial charge in [-0.3, -0.25) is 4.79 Å². The van der Waals surface area contributed by atoms with E-state index in [1.54, 1.807) is 7.11 Å². The molecule has 1 aliphatic heterocycles. The number of halogens is 1. The number of rotatable bonds is 7. The second-order valence-electron chi connectivity index (χ2n) is 7.59. The summed E-state index contributed by atoms with van der Waals surface area (Å²) in [6.45, 7) is 2.50. The molecule has 0 unspecified atom stereocenters. The van der Waals surface area contributed by atoms with Crippen molar-refractivity contribution in [1.82, 2.24) is 5.32 Å². The molecule has 7 heteroatoms. The summed E-state index contributed by atoms with van der Waals surface area (Å²) in [5, 5.41) is 4.08. The fraction of sp³-hybridized carbons (Fsp3) is 0.231. The Bertz CT molecular complexity index is 1140. The van der Waals surface area contributed by atoms with E-state index in [0.717, 1.165) is 23.2 Å². The van der Waals surface area contributed by atoms with Crippen molar-refractivity contribution in [3.8, 4) is 0 Å². The summed E-state index contributed by atoms with van der Waals surface area (Å²) in [6, 6.07) is 15.6. The SMILES string of the molecule is CCc1ccc(N=C2NC(=O)/C(=C/C3=C[C@@H](OC)[C@@H](OCc4ccccc4Cl)C=C3)S2)cc1. The molecule has 2 aromatic rings. The molecule has 33 heavy (non-hydrogen) atoms. The van der Waals surface area contributed by atoms with Gasteiger partial charge in [-0.2, -0.15) is 0 Å². The Hall–Kier alpha value is -2.64. The first-order valence-electron chi connectivity index (χ1n) is 10.7. The minimum Gasteiger partial charge on any atom is -0.374 e. The van der Waals surface area contributed by atoms with Crippen LogP contribution in [0.2, 0.25) is 5.02 Å². The van der Waals surface area contributed by atoms with E-state index in [4.69, 9.17) is 21.1 Å². The fourth-order valence-corrected chi connectivity index (χ4v) is 4.49. The topological polar surface area (TPSA) is 59.9 Å². The predicted octanol–water partition coefficient (Wildman–Crippen LogP) is 5.73. The molecular formula is C26H25ClN2O3S. The molecule has 2 atom stereocenters. The Morgan fingerprint density at radius 1 is 1.15 bits per heavy atom. The first-order chi connectivity index (χ1) is 16.1. The molecule has 0 spiro atoms. The van der Waals surface area contributed by atoms with Gasteiger partial charge >= 0.3 is 0 Å². The van der Waals surface area contributed by atoms with Crippen molar-refractivity contribution < 1.29 is 14.3 Å². The van der Waals surface area contributed by atoms with Crippen LogP contribution in [0.25, 0.3) is 0 Å². The average molecular weight is 481 g/mol. The monoisotopic (exact) mass is 480 g/mol. The molecule has 1 saturated heterocycles. The van der Waals surface area contributed by atoms with E-state index >= 15 is 0 Å². The van der Waals surface area contributed by atoms with Crippen molar-refractivity contribution in [2.75, 3.05) is 7.11 Å². The van der Waals surface area contributed by atoms with Gasteiger partial charge in [0, 0.05) is 12.1 Å². The van der Waals surface area contributed by atoms with Crippen LogP contribution in [-0.2, 0) is 27.3 Å². The lowest BCUT2D eigenvalue weighted by Crippen LogP contribution is -2.29. The van der Waals surface area contributed by atoms with E-state index in [-0.39, 0.29) is 18.1 Å². The summed E-state index contributed by atoms with van der Waals surface area (Å²) in [7, 11) is 1.64. The van der Waals surface area contributed by atoms with Crippen LogP contribution in [0.5, 0.6) is 0 Å². The van der Waals surface area contributed by atoms with Gasteiger partial charge in [0.2, 0.25) is 0 Å². The summed E-state index contributed by atoms with van der Waals surface area (Å²) < 4.78 is 11.6. The number of benzene rings is 2. The maximum absolute atomic E-state index is 12.5. The number of aliphatic imine (C=N–C) groups is 1. The van der Waals surface area contributed by atoms with Gasteiger partial charge in [0.25, 0.3) is 5.91 Å². The van der Waals surface area contributed by atoms with E-state index < -0.39 is 0 Å². The highest BCUT2D eigenvalue weighted by Crippen LogP contribution is 2.29. The number of carbonyl (C=O) groups is 1. The molecule has 1 aliphatic carbocycles. The molecule has 0 bridgehead atoms. The largest absolute Gasteiger partial charge is 0.374 e. The van der Waals surface area contributed by atoms with Gasteiger partial charge in [-0.25, -0.2) is 4.99 Å². The van der Waals surface area contributed by atoms with Crippen molar-refractivity contribution in [1.29, 1.82) is 0 Å². The highest BCUT2D eigenvalue weighted by Gasteiger charge is 2.26. The minimum absolute atomic E-state index is 0.163. The van der Waals surface area contributed by atoms with Crippen LogP contribution in [0.4, 0.5) is 5.69 Å². The summed E-state index contributed by atoms with van der Waals surface area (Å²) in [5.41, 5.74) is 3.87. The lowest BCUT2D eigenvalue weighted by Gasteiger charge is -2.25. The lowest BCUT2D eigenvalue weighted by molar-refractivity contribution is -0.115. The highest BCUT2D eigenvalue weighted by atomic mass is 35.5. The Morgan fingerprint density at radius 3 is 2.67 bits per heavy atom. The van der Waals surface area contributed by atoms with Crippen LogP contribution in [0.15, 0.2) is 88.3 Å². The molecule has 0 saturated carbocycles. The van der Waals surface area contributed by atoms with Crippen molar-refractivity contribution >= 4 is 40.1 Å². The third-order valence-corrected chi connectivity index (χ3v) is 6.62. The van der Waals surface area contributed by atoms with Gasteiger partial charge in [0.15, 0.2) is 5.17 Å². The standard InChI is InChI=1S/C26H25ClN2O3S/c1-3-17-8-11-20(12-9-17)28-26-29-25(30)24(33-26)15-18-10-13-22(23(14-18)31-2)32-16-19-6-4-5-7-21(19)27/h4-15,22-23H,3,16H2,1-2H3,(H,28,29,30)/b24-15-/t22-,23+/m0/s1. The van der Waals surface area contributed by atoms with Crippen LogP contribution < -0.4 is 5.32 Å². The first kappa shape index (κ1) is 23.5. The van der Waals surface area contributed by atoms with E-state index in [1.165, 1.54) is 17.3 Å². The number of aryl methyl sites for hydroxylation is 1. The average Bonchev–Trinajstić information content (AvgIpc) is 3.17. The second kappa shape index (κ2) is 11.0. The normalized spacial score (nSPS) is 22.6. The molecular weight excluding hydrogens is 456 g/mol. The Kier molecular flexibility index (Phi) is 7.83. The van der Waals surface area contributed by atoms with Gasteiger partial charge in [-0.15, -0.1) is 0 Å². The summed E-state index contributed by atoms with van der Waals surface area (Å²) in [6.07, 6.45) is 8.13. The Balaban J connectivity index is 1.42. The number of thioether (sulfide) groups is 1. The zero-order valence-corrected chi connectivity index (χ0v) is 20.0. The third kappa shape index (κ3) is 6.03. The van der Waals surface area contributed by atoms with Crippen LogP contribution >= 0.6 is 23.4 Å². The molecule has 170 valence electrons. The molecule has 1 N–H and O–H groups in total. The van der Waals surface area contributed by atoms with Crippen molar-refractivity contribution in [2.45, 2.75) is 32.2 Å². The number of amides is 1. The van der Waals surface area contributed by atoms with E-state index in [0.29, 0.717) is 21.7 Å². The fourth-order valence-electron chi connectivity index (χ4n) is 3.46. The van der Waals surface area contributed by atoms with E-state index in [9.17, 15) is 4.79 Å². The van der Waals surface area contributed by atoms with Gasteiger partial charge < -0.3 is 14.8 Å². The van der Waals surface area contributed by atoms with Crippen LogP contribution in [0, 0.1) is 0 Å². The second-order valence-corrected chi connectivity index (χ2v) is 9.03. The van der Waals surface area contributed by atoms with Crippen LogP contribution in [-0.4, -0.2) is 30.4 Å². The quantitative estimate of drug-likeness (QED) is 0.514. The molecule has 2 aromatic carbocycles. The summed E-state index contributed by atoms with van der Waals surface area (Å²) in [4.78, 5) is 17.6. The smallest absolute Gasteiger partial charge is 0.264 e. The number of nitrogens with zero attached hydrogens (tertiary/aromatic N) is 1. The molecule has 0 aromatic heterocycles. The predicted molar refractivity (Wildman–Crippen MR) is 135 cm³/mol. The number of ether oxygens (including phenoxy) is 2. The first-order valence-corrected chi connectivity index (χ1v) is 11.9. The van der Waals surface area contributed by atoms with E-state index in [2.05, 4.69) is 17.2 Å². The lowest BCUT2D eigenvalue weighted by atomic mass is 10.0. The maximum Gasteiger partial charge on any atom is 0.264 e. The maximum atomic E-state index is 12.5. The van der Waals surface area contributed by atoms with Crippen molar-refractivity contribution in [3.05, 3.63) is 99.5 Å². The number of amidine groups is 1. The molecule has 0 radical (unpaired) electrons. The van der Waals surface area contributed by atoms with Crippen molar-refractivity contribution in [3.63, 3.8) is 0 Å². The number of carbonyl (C=O) groups excluding carboxylic acids is 1. The zero-order valence-electron chi connectivity index (χ0n) is 18.5. The number of hydrogen-bond donors (Lipinski definition) is 1. The van der Waals surface area contributed by atoms with Gasteiger partial charge in [-0.1, -0.05) is 61.0 Å². The summed E-state index contributed by atoms with van der Waals surface area (Å²) in [5.74, 6) is -0.163. The molecule has 1 amide bonds. The van der Waals surface area contributed by atoms with Gasteiger partial charge in [0.05, 0.1) is 17.2 Å². The minimum atomic E-state index is -0.274. The Morgan fingerprint density at radius 2 is 1.94 bits per heavy atom. The van der Waals surface area contributed by atoms with Gasteiger partial charge in [-0.05, 0) is 65.2 Å². The molecule has 2 aliphatic rings. The highest BCUT2D eigenvalue weighted by molar-refractivity contribution is 8.18. The number of hydrogen-bond acceptors (Lipinski definition) is 5. The molecule has 1 heterocycles. The molecule has 5 nitrogen and oxygen atoms in total. The van der Waals surface area contributed by atoms with Gasteiger partial charge in [0.1, 0.15) is 12.2 Å². The number of methoxy groups -OCH3 is 1. The van der Waals surface area contributed by atoms with Crippen LogP contribution in [0.1, 0.15) is 18.1 Å². The third-order valence-electron chi connectivity index (χ3n) is 5.34. The van der Waals surface area contributed by atoms with Crippen molar-refractivity contribution in [2.24, 2.45) is 4.99 Å². The molecule has 4 rings (SSSR count). The zero-order chi connectivity index (χ0) is 23.2. The Labute approximate surface area is 203 Å². The number of allylic oxidation sites excluding steroid dienone is 3. The summed E-state index contributed by atoms with van der Waals surface area (Å²) >= 11 is 7.55. The number of nitrogens with one attached hydrogen (secondary N) is 1. The van der Waals surface area contributed by atoms with Crippen LogP contribution in [0.3, 0.4) is 0 Å². The molecule has 1 fully saturated rings. The van der Waals surface area contributed by atoms with E-state index in [1.807, 2.05) is 72.8 Å².